The number of aliphatic hydroxyl groups is 1. The Morgan fingerprint density at radius 2 is 2.16 bits per heavy atom. The van der Waals surface area contributed by atoms with E-state index in [1.807, 2.05) is 5.43 Å². The molecule has 1 heterocycles. The fraction of sp³-hybridized carbons (Fsp3) is 0.167. The average Bonchev–Trinajstić information content (AvgIpc) is 2.87. The van der Waals surface area contributed by atoms with Crippen LogP contribution in [0.25, 0.3) is 10.6 Å². The van der Waals surface area contributed by atoms with Gasteiger partial charge in [-0.2, -0.15) is 0 Å². The van der Waals surface area contributed by atoms with Crippen molar-refractivity contribution in [1.29, 1.82) is 0 Å². The second kappa shape index (κ2) is 5.87. The Morgan fingerprint density at radius 1 is 1.47 bits per heavy atom. The zero-order valence-corrected chi connectivity index (χ0v) is 10.7. The molecule has 1 amide bonds. The van der Waals surface area contributed by atoms with Gasteiger partial charge in [0.15, 0.2) is 0 Å². The van der Waals surface area contributed by atoms with Gasteiger partial charge in [0.25, 0.3) is 5.91 Å². The van der Waals surface area contributed by atoms with E-state index in [2.05, 4.69) is 4.98 Å². The van der Waals surface area contributed by atoms with Gasteiger partial charge in [-0.05, 0) is 24.3 Å². The lowest BCUT2D eigenvalue weighted by Gasteiger charge is -2.05. The summed E-state index contributed by atoms with van der Waals surface area (Å²) >= 11 is 1.36. The number of nitrogens with two attached hydrogens (primary N) is 1. The molecule has 0 aliphatic heterocycles. The number of aliphatic hydroxyl groups excluding tert-OH is 1. The summed E-state index contributed by atoms with van der Waals surface area (Å²) < 4.78 is 12.8. The van der Waals surface area contributed by atoms with E-state index in [-0.39, 0.29) is 12.2 Å². The molecule has 1 aromatic heterocycles. The number of benzene rings is 1. The van der Waals surface area contributed by atoms with Crippen LogP contribution in [0.1, 0.15) is 5.69 Å². The van der Waals surface area contributed by atoms with Crippen LogP contribution in [0.5, 0.6) is 0 Å². The van der Waals surface area contributed by atoms with Gasteiger partial charge in [0.05, 0.1) is 5.69 Å². The van der Waals surface area contributed by atoms with Gasteiger partial charge in [-0.15, -0.1) is 11.3 Å². The van der Waals surface area contributed by atoms with Crippen molar-refractivity contribution in [3.63, 3.8) is 0 Å². The Bertz CT molecular complexity index is 571. The van der Waals surface area contributed by atoms with Crippen LogP contribution in [-0.4, -0.2) is 22.1 Å². The Hall–Kier alpha value is -1.83. The van der Waals surface area contributed by atoms with Gasteiger partial charge in [0.1, 0.15) is 16.9 Å². The number of hydrazine groups is 1. The number of aromatic nitrogens is 1. The smallest absolute Gasteiger partial charge is 0.263 e. The number of hydrogen-bond acceptors (Lipinski definition) is 5. The fourth-order valence-electron chi connectivity index (χ4n) is 1.51. The van der Waals surface area contributed by atoms with E-state index in [1.165, 1.54) is 23.5 Å². The Balaban J connectivity index is 2.11. The lowest BCUT2D eigenvalue weighted by molar-refractivity contribution is -0.129. The largest absolute Gasteiger partial charge is 0.383 e. The van der Waals surface area contributed by atoms with E-state index in [0.717, 1.165) is 5.56 Å². The maximum atomic E-state index is 12.8. The van der Waals surface area contributed by atoms with Crippen LogP contribution in [0.4, 0.5) is 4.39 Å². The minimum absolute atomic E-state index is 0.0841. The molecule has 4 N–H and O–H groups in total. The first-order valence-electron chi connectivity index (χ1n) is 5.49. The molecule has 0 aliphatic carbocycles. The molecule has 0 spiro atoms. The number of nitrogens with zero attached hydrogens (tertiary/aromatic N) is 1. The molecular weight excluding hydrogens is 269 g/mol. The van der Waals surface area contributed by atoms with Crippen LogP contribution >= 0.6 is 11.3 Å². The maximum Gasteiger partial charge on any atom is 0.263 e. The van der Waals surface area contributed by atoms with E-state index in [4.69, 9.17) is 5.84 Å². The third-order valence-electron chi connectivity index (χ3n) is 2.49. The van der Waals surface area contributed by atoms with Gasteiger partial charge in [0, 0.05) is 17.4 Å². The van der Waals surface area contributed by atoms with Gasteiger partial charge < -0.3 is 5.11 Å². The number of halogens is 1. The molecule has 0 saturated heterocycles. The predicted octanol–water partition coefficient (Wildman–Crippen LogP) is 0.843. The minimum atomic E-state index is -1.23. The third-order valence-corrected chi connectivity index (χ3v) is 3.43. The lowest BCUT2D eigenvalue weighted by atomic mass is 10.2. The van der Waals surface area contributed by atoms with E-state index in [9.17, 15) is 14.3 Å². The highest BCUT2D eigenvalue weighted by Gasteiger charge is 2.16. The number of rotatable bonds is 4. The van der Waals surface area contributed by atoms with Crippen LogP contribution < -0.4 is 11.3 Å². The zero-order valence-electron chi connectivity index (χ0n) is 9.84. The standard InChI is InChI=1S/C12H12FN3O2S/c13-8-3-1-7(2-4-8)12-15-9(6-19-12)5-10(17)11(18)16-14/h1-4,6,10,17H,5,14H2,(H,16,18)/t10-/m0/s1. The van der Waals surface area contributed by atoms with Crippen molar-refractivity contribution in [2.45, 2.75) is 12.5 Å². The van der Waals surface area contributed by atoms with Gasteiger partial charge in [-0.25, -0.2) is 15.2 Å². The summed E-state index contributed by atoms with van der Waals surface area (Å²) in [5.41, 5.74) is 3.25. The molecule has 1 atom stereocenters. The molecule has 0 saturated carbocycles. The summed E-state index contributed by atoms with van der Waals surface area (Å²) in [6.45, 7) is 0. The van der Waals surface area contributed by atoms with E-state index < -0.39 is 12.0 Å². The molecule has 5 nitrogen and oxygen atoms in total. The quantitative estimate of drug-likeness (QED) is 0.440. The first kappa shape index (κ1) is 13.6. The molecule has 0 unspecified atom stereocenters. The van der Waals surface area contributed by atoms with Gasteiger partial charge in [0.2, 0.25) is 0 Å². The Kier molecular flexibility index (Phi) is 4.20. The van der Waals surface area contributed by atoms with Crippen molar-refractivity contribution in [2.24, 2.45) is 5.84 Å². The van der Waals surface area contributed by atoms with Crippen LogP contribution in [0.2, 0.25) is 0 Å². The van der Waals surface area contributed by atoms with Crippen LogP contribution in [0, 0.1) is 5.82 Å². The van der Waals surface area contributed by atoms with Crippen molar-refractivity contribution in [1.82, 2.24) is 10.4 Å². The highest BCUT2D eigenvalue weighted by Crippen LogP contribution is 2.24. The first-order valence-corrected chi connectivity index (χ1v) is 6.37. The topological polar surface area (TPSA) is 88.2 Å². The van der Waals surface area contributed by atoms with Crippen molar-refractivity contribution in [2.75, 3.05) is 0 Å². The average molecular weight is 281 g/mol. The molecule has 1 aromatic carbocycles. The summed E-state index contributed by atoms with van der Waals surface area (Å²) in [4.78, 5) is 15.4. The second-order valence-electron chi connectivity index (χ2n) is 3.88. The number of carbonyl (C=O) groups is 1. The molecular formula is C12H12FN3O2S. The van der Waals surface area contributed by atoms with Gasteiger partial charge in [-0.1, -0.05) is 0 Å². The SMILES string of the molecule is NNC(=O)[C@@H](O)Cc1csc(-c2ccc(F)cc2)n1. The van der Waals surface area contributed by atoms with Crippen LogP contribution in [-0.2, 0) is 11.2 Å². The van der Waals surface area contributed by atoms with Gasteiger partial charge in [-0.3, -0.25) is 10.2 Å². The zero-order chi connectivity index (χ0) is 13.8. The second-order valence-corrected chi connectivity index (χ2v) is 4.74. The summed E-state index contributed by atoms with van der Waals surface area (Å²) in [6.07, 6.45) is -1.14. The molecule has 19 heavy (non-hydrogen) atoms. The minimum Gasteiger partial charge on any atom is -0.383 e. The normalized spacial score (nSPS) is 12.2. The monoisotopic (exact) mass is 281 g/mol. The predicted molar refractivity (Wildman–Crippen MR) is 69.5 cm³/mol. The van der Waals surface area contributed by atoms with Crippen molar-refractivity contribution in [3.8, 4) is 10.6 Å². The first-order chi connectivity index (χ1) is 9.10. The highest BCUT2D eigenvalue weighted by molar-refractivity contribution is 7.13. The highest BCUT2D eigenvalue weighted by atomic mass is 32.1. The maximum absolute atomic E-state index is 12.8. The Labute approximate surface area is 112 Å². The Morgan fingerprint density at radius 3 is 2.79 bits per heavy atom. The number of amides is 1. The molecule has 0 bridgehead atoms. The molecule has 0 aliphatic rings. The molecule has 7 heteroatoms. The number of carbonyl (C=O) groups excluding carboxylic acids is 1. The molecule has 2 rings (SSSR count). The number of thiazole rings is 1. The summed E-state index contributed by atoms with van der Waals surface area (Å²) in [5.74, 6) is 3.96. The third kappa shape index (κ3) is 3.34. The molecule has 100 valence electrons. The fourth-order valence-corrected chi connectivity index (χ4v) is 2.35. The van der Waals surface area contributed by atoms with Crippen molar-refractivity contribution < 1.29 is 14.3 Å². The van der Waals surface area contributed by atoms with Crippen LogP contribution in [0.3, 0.4) is 0 Å². The molecule has 0 radical (unpaired) electrons. The van der Waals surface area contributed by atoms with E-state index in [1.54, 1.807) is 17.5 Å². The number of hydrogen-bond donors (Lipinski definition) is 3. The van der Waals surface area contributed by atoms with Gasteiger partial charge >= 0.3 is 0 Å². The van der Waals surface area contributed by atoms with Crippen molar-refractivity contribution in [3.05, 3.63) is 41.2 Å². The van der Waals surface area contributed by atoms with Crippen LogP contribution in [0.15, 0.2) is 29.6 Å². The van der Waals surface area contributed by atoms with E-state index >= 15 is 0 Å². The van der Waals surface area contributed by atoms with Crippen molar-refractivity contribution >= 4 is 17.2 Å². The summed E-state index contributed by atoms with van der Waals surface area (Å²) in [5, 5.41) is 12.0. The number of nitrogens with one attached hydrogen (secondary N) is 1. The van der Waals surface area contributed by atoms with E-state index in [0.29, 0.717) is 10.7 Å². The summed E-state index contributed by atoms with van der Waals surface area (Å²) in [6, 6.07) is 5.96. The summed E-state index contributed by atoms with van der Waals surface area (Å²) in [7, 11) is 0. The molecule has 0 fully saturated rings. The lowest BCUT2D eigenvalue weighted by Crippen LogP contribution is -2.40. The molecule has 2 aromatic rings.